The van der Waals surface area contributed by atoms with Gasteiger partial charge in [0.25, 0.3) is 0 Å². The van der Waals surface area contributed by atoms with Crippen molar-refractivity contribution in [2.75, 3.05) is 6.54 Å². The Morgan fingerprint density at radius 2 is 2.18 bits per heavy atom. The highest BCUT2D eigenvalue weighted by Gasteiger charge is 2.12. The van der Waals surface area contributed by atoms with Gasteiger partial charge in [0.15, 0.2) is 0 Å². The van der Waals surface area contributed by atoms with Crippen molar-refractivity contribution in [2.24, 2.45) is 0 Å². The quantitative estimate of drug-likeness (QED) is 0.903. The lowest BCUT2D eigenvalue weighted by molar-refractivity contribution is 0.455. The fourth-order valence-corrected chi connectivity index (χ4v) is 2.32. The van der Waals surface area contributed by atoms with Crippen LogP contribution in [0.3, 0.4) is 0 Å². The maximum Gasteiger partial charge on any atom is 0.105 e. The number of likely N-dealkylation sites (N-methyl/N-ethyl adjacent to an activating group) is 1. The number of hydrogen-bond donors (Lipinski definition) is 1. The number of halogens is 1. The molecule has 0 fully saturated rings. The number of hydrogen-bond acceptors (Lipinski definition) is 2. The average molecular weight is 294 g/mol. The summed E-state index contributed by atoms with van der Waals surface area (Å²) in [5.74, 6) is 1.01. The Kier molecular flexibility index (Phi) is 4.40. The number of furan rings is 1. The molecular weight excluding hydrogens is 278 g/mol. The first kappa shape index (κ1) is 12.4. The molecule has 0 saturated heterocycles. The van der Waals surface area contributed by atoms with Crippen LogP contribution < -0.4 is 5.32 Å². The second kappa shape index (κ2) is 6.03. The Morgan fingerprint density at radius 1 is 1.29 bits per heavy atom. The predicted octanol–water partition coefficient (Wildman–Crippen LogP) is 3.94. The molecule has 0 saturated carbocycles. The summed E-state index contributed by atoms with van der Waals surface area (Å²) in [5.41, 5.74) is 1.28. The van der Waals surface area contributed by atoms with E-state index in [9.17, 15) is 0 Å². The molecule has 1 aromatic heterocycles. The largest absolute Gasteiger partial charge is 0.469 e. The molecule has 17 heavy (non-hydrogen) atoms. The van der Waals surface area contributed by atoms with Crippen LogP contribution in [0.2, 0.25) is 0 Å². The van der Waals surface area contributed by atoms with Crippen LogP contribution >= 0.6 is 15.9 Å². The third-order valence-corrected chi connectivity index (χ3v) is 3.18. The third-order valence-electron chi connectivity index (χ3n) is 2.69. The van der Waals surface area contributed by atoms with Gasteiger partial charge in [0, 0.05) is 16.9 Å². The first-order valence-corrected chi connectivity index (χ1v) is 6.60. The molecule has 1 unspecified atom stereocenters. The molecule has 2 rings (SSSR count). The van der Waals surface area contributed by atoms with E-state index in [-0.39, 0.29) is 0 Å². The lowest BCUT2D eigenvalue weighted by Gasteiger charge is -2.17. The molecule has 90 valence electrons. The van der Waals surface area contributed by atoms with Crippen molar-refractivity contribution >= 4 is 15.9 Å². The lowest BCUT2D eigenvalue weighted by atomic mass is 10.0. The van der Waals surface area contributed by atoms with Gasteiger partial charge in [-0.2, -0.15) is 0 Å². The molecule has 0 amide bonds. The zero-order valence-corrected chi connectivity index (χ0v) is 11.4. The van der Waals surface area contributed by atoms with E-state index >= 15 is 0 Å². The standard InChI is InChI=1S/C14H16BrNO/c1-2-16-14(10-13-7-4-8-17-13)11-5-3-6-12(15)9-11/h3-9,14,16H,2,10H2,1H3. The molecule has 2 aromatic rings. The van der Waals surface area contributed by atoms with Crippen LogP contribution in [-0.2, 0) is 6.42 Å². The van der Waals surface area contributed by atoms with Gasteiger partial charge >= 0.3 is 0 Å². The molecular formula is C14H16BrNO. The van der Waals surface area contributed by atoms with Crippen LogP contribution in [0.15, 0.2) is 51.6 Å². The van der Waals surface area contributed by atoms with Crippen LogP contribution in [0.5, 0.6) is 0 Å². The van der Waals surface area contributed by atoms with Gasteiger partial charge in [-0.1, -0.05) is 35.0 Å². The molecule has 0 aliphatic heterocycles. The average Bonchev–Trinajstić information content (AvgIpc) is 2.81. The van der Waals surface area contributed by atoms with E-state index < -0.39 is 0 Å². The molecule has 3 heteroatoms. The molecule has 2 nitrogen and oxygen atoms in total. The summed E-state index contributed by atoms with van der Waals surface area (Å²) >= 11 is 3.51. The van der Waals surface area contributed by atoms with E-state index in [1.165, 1.54) is 5.56 Å². The summed E-state index contributed by atoms with van der Waals surface area (Å²) < 4.78 is 6.52. The summed E-state index contributed by atoms with van der Waals surface area (Å²) in [6, 6.07) is 12.6. The van der Waals surface area contributed by atoms with Gasteiger partial charge in [0.2, 0.25) is 0 Å². The van der Waals surface area contributed by atoms with Crippen LogP contribution in [0, 0.1) is 0 Å². The Hall–Kier alpha value is -1.06. The van der Waals surface area contributed by atoms with Gasteiger partial charge in [-0.15, -0.1) is 0 Å². The number of benzene rings is 1. The highest BCUT2D eigenvalue weighted by molar-refractivity contribution is 9.10. The maximum atomic E-state index is 5.41. The Balaban J connectivity index is 2.16. The lowest BCUT2D eigenvalue weighted by Crippen LogP contribution is -2.22. The van der Waals surface area contributed by atoms with E-state index in [0.29, 0.717) is 6.04 Å². The SMILES string of the molecule is CCNC(Cc1ccco1)c1cccc(Br)c1. The molecule has 1 aromatic carbocycles. The van der Waals surface area contributed by atoms with E-state index in [0.717, 1.165) is 23.2 Å². The van der Waals surface area contributed by atoms with E-state index in [2.05, 4.69) is 46.4 Å². The van der Waals surface area contributed by atoms with Crippen LogP contribution in [-0.4, -0.2) is 6.54 Å². The minimum Gasteiger partial charge on any atom is -0.469 e. The summed E-state index contributed by atoms with van der Waals surface area (Å²) in [6.07, 6.45) is 2.59. The maximum absolute atomic E-state index is 5.41. The van der Waals surface area contributed by atoms with Crippen molar-refractivity contribution in [3.05, 3.63) is 58.5 Å². The molecule has 0 spiro atoms. The molecule has 0 bridgehead atoms. The number of rotatable bonds is 5. The molecule has 1 heterocycles. The number of nitrogens with one attached hydrogen (secondary N) is 1. The summed E-state index contributed by atoms with van der Waals surface area (Å²) in [6.45, 7) is 3.06. The summed E-state index contributed by atoms with van der Waals surface area (Å²) in [5, 5.41) is 3.48. The smallest absolute Gasteiger partial charge is 0.105 e. The fraction of sp³-hybridized carbons (Fsp3) is 0.286. The Morgan fingerprint density at radius 3 is 2.82 bits per heavy atom. The monoisotopic (exact) mass is 293 g/mol. The van der Waals surface area contributed by atoms with Gasteiger partial charge in [-0.3, -0.25) is 0 Å². The minimum atomic E-state index is 0.295. The van der Waals surface area contributed by atoms with Crippen LogP contribution in [0.4, 0.5) is 0 Å². The fourth-order valence-electron chi connectivity index (χ4n) is 1.91. The second-order valence-electron chi connectivity index (χ2n) is 3.95. The van der Waals surface area contributed by atoms with Crippen molar-refractivity contribution in [3.63, 3.8) is 0 Å². The minimum absolute atomic E-state index is 0.295. The van der Waals surface area contributed by atoms with Gasteiger partial charge < -0.3 is 9.73 Å². The predicted molar refractivity (Wildman–Crippen MR) is 73.0 cm³/mol. The van der Waals surface area contributed by atoms with Crippen molar-refractivity contribution < 1.29 is 4.42 Å². The van der Waals surface area contributed by atoms with E-state index in [4.69, 9.17) is 4.42 Å². The zero-order chi connectivity index (χ0) is 12.1. The van der Waals surface area contributed by atoms with Gasteiger partial charge in [0.1, 0.15) is 5.76 Å². The highest BCUT2D eigenvalue weighted by atomic mass is 79.9. The van der Waals surface area contributed by atoms with Crippen LogP contribution in [0.1, 0.15) is 24.3 Å². The third kappa shape index (κ3) is 3.45. The first-order valence-electron chi connectivity index (χ1n) is 5.81. The summed E-state index contributed by atoms with van der Waals surface area (Å²) in [4.78, 5) is 0. The van der Waals surface area contributed by atoms with Crippen molar-refractivity contribution in [2.45, 2.75) is 19.4 Å². The van der Waals surface area contributed by atoms with Gasteiger partial charge in [-0.05, 0) is 36.4 Å². The van der Waals surface area contributed by atoms with E-state index in [1.807, 2.05) is 18.2 Å². The molecule has 0 aliphatic carbocycles. The van der Waals surface area contributed by atoms with Gasteiger partial charge in [-0.25, -0.2) is 0 Å². The highest BCUT2D eigenvalue weighted by Crippen LogP contribution is 2.21. The van der Waals surface area contributed by atoms with Crippen molar-refractivity contribution in [3.8, 4) is 0 Å². The van der Waals surface area contributed by atoms with Crippen molar-refractivity contribution in [1.82, 2.24) is 5.32 Å². The normalized spacial score (nSPS) is 12.6. The Labute approximate surface area is 110 Å². The Bertz CT molecular complexity index is 453. The topological polar surface area (TPSA) is 25.2 Å². The molecule has 1 atom stereocenters. The first-order chi connectivity index (χ1) is 8.29. The van der Waals surface area contributed by atoms with Crippen molar-refractivity contribution in [1.29, 1.82) is 0 Å². The molecule has 0 radical (unpaired) electrons. The summed E-state index contributed by atoms with van der Waals surface area (Å²) in [7, 11) is 0. The second-order valence-corrected chi connectivity index (χ2v) is 4.86. The van der Waals surface area contributed by atoms with Crippen LogP contribution in [0.25, 0.3) is 0 Å². The zero-order valence-electron chi connectivity index (χ0n) is 9.82. The van der Waals surface area contributed by atoms with E-state index in [1.54, 1.807) is 6.26 Å². The van der Waals surface area contributed by atoms with Gasteiger partial charge in [0.05, 0.1) is 6.26 Å². The molecule has 1 N–H and O–H groups in total. The molecule has 0 aliphatic rings.